The highest BCUT2D eigenvalue weighted by Crippen LogP contribution is 2.29. The van der Waals surface area contributed by atoms with E-state index in [0.29, 0.717) is 26.2 Å². The molecule has 0 saturated carbocycles. The summed E-state index contributed by atoms with van der Waals surface area (Å²) in [5.41, 5.74) is 2.95. The van der Waals surface area contributed by atoms with E-state index >= 15 is 0 Å². The molecule has 218 valence electrons. The second-order valence-corrected chi connectivity index (χ2v) is 10.5. The number of piperazine rings is 1. The number of benzene rings is 3. The lowest BCUT2D eigenvalue weighted by Gasteiger charge is -2.41. The average molecular weight is 578 g/mol. The first kappa shape index (κ1) is 27.9. The number of H-pyrrole nitrogens is 1. The number of carbonyl (C=O) groups is 3. The van der Waals surface area contributed by atoms with E-state index in [1.807, 2.05) is 60.7 Å². The van der Waals surface area contributed by atoms with Gasteiger partial charge in [-0.2, -0.15) is 0 Å². The Morgan fingerprint density at radius 2 is 1.47 bits per heavy atom. The molecule has 2 amide bonds. The van der Waals surface area contributed by atoms with Gasteiger partial charge in [0, 0.05) is 37.1 Å². The van der Waals surface area contributed by atoms with Crippen molar-refractivity contribution in [2.45, 2.75) is 19.0 Å². The smallest absolute Gasteiger partial charge is 0.358 e. The van der Waals surface area contributed by atoms with Crippen molar-refractivity contribution in [1.82, 2.24) is 29.9 Å². The van der Waals surface area contributed by atoms with Gasteiger partial charge in [-0.1, -0.05) is 78.9 Å². The zero-order valence-electron chi connectivity index (χ0n) is 23.6. The zero-order valence-corrected chi connectivity index (χ0v) is 23.6. The minimum absolute atomic E-state index is 0.0328. The van der Waals surface area contributed by atoms with Gasteiger partial charge >= 0.3 is 5.97 Å². The number of fused-ring (bicyclic) bond motifs is 1. The van der Waals surface area contributed by atoms with Crippen LogP contribution in [0.15, 0.2) is 97.2 Å². The van der Waals surface area contributed by atoms with E-state index in [1.165, 1.54) is 11.1 Å². The Morgan fingerprint density at radius 1 is 0.860 bits per heavy atom. The standard InChI is InChI=1S/C32H31N7O4/c1-22(38(39-28(32(42)43)21-33-35-39)31(41)27-20-25-14-8-9-15-26(25)34-27)30(40)37-18-16-36(17-19-37)29(23-10-4-2-5-11-23)24-12-6-3-7-13-24/h2-15,20-22,29,34H,16-19H2,1H3,(H,42,43)/t22-/m0/s1. The summed E-state index contributed by atoms with van der Waals surface area (Å²) in [6.07, 6.45) is 1.05. The summed E-state index contributed by atoms with van der Waals surface area (Å²) in [5, 5.41) is 19.2. The highest BCUT2D eigenvalue weighted by atomic mass is 16.4. The molecule has 1 atom stereocenters. The topological polar surface area (TPSA) is 128 Å². The van der Waals surface area contributed by atoms with Crippen LogP contribution in [0.25, 0.3) is 10.9 Å². The molecule has 11 nitrogen and oxygen atoms in total. The molecule has 0 radical (unpaired) electrons. The molecule has 0 unspecified atom stereocenters. The van der Waals surface area contributed by atoms with Gasteiger partial charge in [0.1, 0.15) is 11.7 Å². The minimum atomic E-state index is -1.32. The third-order valence-electron chi connectivity index (χ3n) is 7.87. The first-order chi connectivity index (χ1) is 20.9. The van der Waals surface area contributed by atoms with E-state index in [1.54, 1.807) is 17.9 Å². The first-order valence-electron chi connectivity index (χ1n) is 14.1. The number of aromatic carboxylic acids is 1. The van der Waals surface area contributed by atoms with E-state index in [4.69, 9.17) is 0 Å². The Bertz CT molecular complexity index is 1670. The van der Waals surface area contributed by atoms with Crippen LogP contribution in [0.2, 0.25) is 0 Å². The number of hydrogen-bond donors (Lipinski definition) is 2. The predicted molar refractivity (Wildman–Crippen MR) is 160 cm³/mol. The van der Waals surface area contributed by atoms with Crippen LogP contribution in [0.3, 0.4) is 0 Å². The van der Waals surface area contributed by atoms with Gasteiger partial charge in [0.2, 0.25) is 5.91 Å². The number of para-hydroxylation sites is 1. The van der Waals surface area contributed by atoms with Crippen LogP contribution in [0.1, 0.15) is 45.1 Å². The molecule has 5 aromatic rings. The molecule has 0 aliphatic carbocycles. The Kier molecular flexibility index (Phi) is 7.71. The van der Waals surface area contributed by atoms with Gasteiger partial charge in [0.25, 0.3) is 5.91 Å². The van der Waals surface area contributed by atoms with E-state index in [2.05, 4.69) is 44.5 Å². The number of nitrogens with zero attached hydrogens (tertiary/aromatic N) is 6. The van der Waals surface area contributed by atoms with Crippen molar-refractivity contribution in [1.29, 1.82) is 0 Å². The Balaban J connectivity index is 1.25. The molecule has 3 heterocycles. The van der Waals surface area contributed by atoms with Crippen molar-refractivity contribution in [2.75, 3.05) is 31.2 Å². The third kappa shape index (κ3) is 5.50. The molecule has 0 bridgehead atoms. The number of rotatable bonds is 8. The summed E-state index contributed by atoms with van der Waals surface area (Å²) in [5.74, 6) is -2.23. The summed E-state index contributed by atoms with van der Waals surface area (Å²) < 4.78 is 0. The van der Waals surface area contributed by atoms with Gasteiger partial charge in [-0.25, -0.2) is 9.80 Å². The Hall–Kier alpha value is -5.29. The van der Waals surface area contributed by atoms with Gasteiger partial charge in [0.05, 0.1) is 12.2 Å². The molecular formula is C32H31N7O4. The maximum atomic E-state index is 13.9. The van der Waals surface area contributed by atoms with E-state index in [0.717, 1.165) is 26.9 Å². The molecular weight excluding hydrogens is 546 g/mol. The fraction of sp³-hybridized carbons (Fsp3) is 0.219. The number of amides is 2. The molecule has 2 N–H and O–H groups in total. The van der Waals surface area contributed by atoms with Crippen molar-refractivity contribution in [3.63, 3.8) is 0 Å². The zero-order chi connectivity index (χ0) is 29.9. The lowest BCUT2D eigenvalue weighted by atomic mass is 9.96. The number of carboxylic acid groups (broad SMARTS) is 1. The van der Waals surface area contributed by atoms with Crippen molar-refractivity contribution >= 4 is 28.7 Å². The summed E-state index contributed by atoms with van der Waals surface area (Å²) in [4.78, 5) is 47.9. The SMILES string of the molecule is C[C@@H](C(=O)N1CCN(C(c2ccccc2)c2ccccc2)CC1)N(C(=O)c1cc2ccccc2[nH]1)n1nncc1C(=O)O. The quantitative estimate of drug-likeness (QED) is 0.289. The van der Waals surface area contributed by atoms with E-state index in [9.17, 15) is 19.5 Å². The molecule has 1 saturated heterocycles. The van der Waals surface area contributed by atoms with Gasteiger partial charge < -0.3 is 15.0 Å². The number of aromatic amines is 1. The predicted octanol–water partition coefficient (Wildman–Crippen LogP) is 3.56. The van der Waals surface area contributed by atoms with Crippen molar-refractivity contribution in [2.24, 2.45) is 0 Å². The summed E-state index contributed by atoms with van der Waals surface area (Å²) in [6.45, 7) is 3.70. The first-order valence-corrected chi connectivity index (χ1v) is 14.1. The van der Waals surface area contributed by atoms with Crippen LogP contribution in [0, 0.1) is 0 Å². The largest absolute Gasteiger partial charge is 0.476 e. The Labute approximate surface area is 247 Å². The maximum absolute atomic E-state index is 13.9. The van der Waals surface area contributed by atoms with Crippen molar-refractivity contribution in [3.8, 4) is 0 Å². The monoisotopic (exact) mass is 577 g/mol. The summed E-state index contributed by atoms with van der Waals surface area (Å²) in [6, 6.07) is 28.6. The van der Waals surface area contributed by atoms with Gasteiger partial charge in [0.15, 0.2) is 5.69 Å². The summed E-state index contributed by atoms with van der Waals surface area (Å²) in [7, 11) is 0. The van der Waals surface area contributed by atoms with Gasteiger partial charge in [-0.3, -0.25) is 14.5 Å². The maximum Gasteiger partial charge on any atom is 0.358 e. The normalized spacial score (nSPS) is 14.6. The molecule has 6 rings (SSSR count). The van der Waals surface area contributed by atoms with Crippen LogP contribution < -0.4 is 5.01 Å². The number of nitrogens with one attached hydrogen (secondary N) is 1. The molecule has 2 aromatic heterocycles. The molecule has 0 spiro atoms. The van der Waals surface area contributed by atoms with Crippen LogP contribution >= 0.6 is 0 Å². The van der Waals surface area contributed by atoms with Crippen LogP contribution in [0.4, 0.5) is 0 Å². The van der Waals surface area contributed by atoms with Crippen molar-refractivity contribution in [3.05, 3.63) is 120 Å². The molecule has 1 fully saturated rings. The lowest BCUT2D eigenvalue weighted by Crippen LogP contribution is -2.59. The number of carbonyl (C=O) groups excluding carboxylic acids is 2. The molecule has 11 heteroatoms. The summed E-state index contributed by atoms with van der Waals surface area (Å²) >= 11 is 0. The highest BCUT2D eigenvalue weighted by molar-refractivity contribution is 6.07. The Morgan fingerprint density at radius 3 is 2.07 bits per heavy atom. The number of carboxylic acids is 1. The average Bonchev–Trinajstić information content (AvgIpc) is 3.70. The number of aromatic nitrogens is 4. The second kappa shape index (κ2) is 11.9. The lowest BCUT2D eigenvalue weighted by molar-refractivity contribution is -0.134. The second-order valence-electron chi connectivity index (χ2n) is 10.5. The fourth-order valence-corrected chi connectivity index (χ4v) is 5.72. The molecule has 43 heavy (non-hydrogen) atoms. The van der Waals surface area contributed by atoms with Gasteiger partial charge in [-0.05, 0) is 35.4 Å². The minimum Gasteiger partial charge on any atom is -0.476 e. The fourth-order valence-electron chi connectivity index (χ4n) is 5.72. The van der Waals surface area contributed by atoms with Crippen molar-refractivity contribution < 1.29 is 19.5 Å². The third-order valence-corrected chi connectivity index (χ3v) is 7.87. The molecule has 3 aromatic carbocycles. The highest BCUT2D eigenvalue weighted by Gasteiger charge is 2.37. The number of hydrogen-bond acceptors (Lipinski definition) is 6. The van der Waals surface area contributed by atoms with Crippen LogP contribution in [-0.4, -0.2) is 85.0 Å². The van der Waals surface area contributed by atoms with Crippen LogP contribution in [0.5, 0.6) is 0 Å². The van der Waals surface area contributed by atoms with E-state index in [-0.39, 0.29) is 23.3 Å². The molecule has 1 aliphatic rings. The molecule has 1 aliphatic heterocycles. The van der Waals surface area contributed by atoms with E-state index < -0.39 is 17.9 Å². The van der Waals surface area contributed by atoms with Crippen LogP contribution in [-0.2, 0) is 4.79 Å². The van der Waals surface area contributed by atoms with Gasteiger partial charge in [-0.15, -0.1) is 9.89 Å².